The van der Waals surface area contributed by atoms with Gasteiger partial charge in [-0.3, -0.25) is 4.79 Å². The van der Waals surface area contributed by atoms with Crippen LogP contribution in [0.5, 0.6) is 0 Å². The van der Waals surface area contributed by atoms with E-state index >= 15 is 0 Å². The van der Waals surface area contributed by atoms with Crippen LogP contribution in [0.2, 0.25) is 0 Å². The zero-order valence-electron chi connectivity index (χ0n) is 15.7. The highest BCUT2D eigenvalue weighted by atomic mass is 32.2. The van der Waals surface area contributed by atoms with Crippen LogP contribution in [0.4, 0.5) is 5.69 Å². The zero-order valence-corrected chi connectivity index (χ0v) is 17.4. The van der Waals surface area contributed by atoms with Gasteiger partial charge < -0.3 is 10.2 Å². The van der Waals surface area contributed by atoms with Gasteiger partial charge in [0.25, 0.3) is 0 Å². The molecular formula is C19H27N3O3S2. The molecule has 6 nitrogen and oxygen atoms in total. The normalized spacial score (nSPS) is 11.5. The van der Waals surface area contributed by atoms with Crippen LogP contribution < -0.4 is 14.9 Å². The van der Waals surface area contributed by atoms with E-state index in [4.69, 9.17) is 0 Å². The molecule has 2 rings (SSSR count). The molecule has 0 aliphatic heterocycles. The Morgan fingerprint density at radius 3 is 2.37 bits per heavy atom. The molecule has 0 fully saturated rings. The van der Waals surface area contributed by atoms with Gasteiger partial charge in [0.05, 0.1) is 4.90 Å². The molecule has 0 aromatic heterocycles. The number of hydrogen-bond acceptors (Lipinski definition) is 5. The molecule has 2 aromatic carbocycles. The van der Waals surface area contributed by atoms with Gasteiger partial charge in [-0.15, -0.1) is 0 Å². The predicted octanol–water partition coefficient (Wildman–Crippen LogP) is 2.40. The van der Waals surface area contributed by atoms with Crippen molar-refractivity contribution in [2.45, 2.75) is 25.2 Å². The molecule has 0 spiro atoms. The minimum atomic E-state index is -3.69. The third-order valence-electron chi connectivity index (χ3n) is 4.33. The van der Waals surface area contributed by atoms with Crippen molar-refractivity contribution in [1.82, 2.24) is 10.0 Å². The Kier molecular flexibility index (Phi) is 7.94. The van der Waals surface area contributed by atoms with E-state index < -0.39 is 10.0 Å². The number of benzene rings is 2. The summed E-state index contributed by atoms with van der Waals surface area (Å²) in [7, 11) is -3.69. The first-order valence-electron chi connectivity index (χ1n) is 9.08. The van der Waals surface area contributed by atoms with E-state index in [0.29, 0.717) is 17.6 Å². The van der Waals surface area contributed by atoms with Crippen LogP contribution in [0.3, 0.4) is 0 Å². The summed E-state index contributed by atoms with van der Waals surface area (Å²) in [5, 5.41) is 4.26. The standard InChI is InChI=1S/C19H27N3O3S2/c1-3-22(4-2)17-9-5-8-16-15(17)7-6-10-18(16)27(24,25)21-13-12-20-19(23)11-14-26/h5-10,21,26H,3-4,11-14H2,1-2H3,(H,20,23). The Hall–Kier alpha value is -1.77. The van der Waals surface area contributed by atoms with Crippen LogP contribution in [-0.2, 0) is 14.8 Å². The largest absolute Gasteiger partial charge is 0.372 e. The lowest BCUT2D eigenvalue weighted by atomic mass is 10.1. The summed E-state index contributed by atoms with van der Waals surface area (Å²) in [6.07, 6.45) is 0.313. The number of fused-ring (bicyclic) bond motifs is 1. The van der Waals surface area contributed by atoms with Gasteiger partial charge in [-0.05, 0) is 31.7 Å². The number of hydrogen-bond donors (Lipinski definition) is 3. The van der Waals surface area contributed by atoms with E-state index in [1.54, 1.807) is 12.1 Å². The number of rotatable bonds is 10. The van der Waals surface area contributed by atoms with E-state index in [0.717, 1.165) is 24.2 Å². The summed E-state index contributed by atoms with van der Waals surface area (Å²) >= 11 is 3.99. The number of carbonyl (C=O) groups is 1. The molecule has 8 heteroatoms. The van der Waals surface area contributed by atoms with Crippen LogP contribution in [0, 0.1) is 0 Å². The lowest BCUT2D eigenvalue weighted by Crippen LogP contribution is -2.34. The molecule has 27 heavy (non-hydrogen) atoms. The highest BCUT2D eigenvalue weighted by Crippen LogP contribution is 2.30. The first-order chi connectivity index (χ1) is 12.9. The Bertz CT molecular complexity index is 881. The van der Waals surface area contributed by atoms with Crippen LogP contribution in [0.15, 0.2) is 41.3 Å². The van der Waals surface area contributed by atoms with Crippen LogP contribution >= 0.6 is 12.6 Å². The molecule has 0 saturated carbocycles. The molecule has 0 aliphatic rings. The molecule has 148 valence electrons. The number of amides is 1. The maximum Gasteiger partial charge on any atom is 0.241 e. The summed E-state index contributed by atoms with van der Waals surface area (Å²) in [5.41, 5.74) is 1.02. The molecule has 0 bridgehead atoms. The van der Waals surface area contributed by atoms with Gasteiger partial charge >= 0.3 is 0 Å². The topological polar surface area (TPSA) is 78.5 Å². The minimum Gasteiger partial charge on any atom is -0.372 e. The number of anilines is 1. The van der Waals surface area contributed by atoms with Crippen molar-refractivity contribution >= 4 is 45.0 Å². The van der Waals surface area contributed by atoms with Crippen molar-refractivity contribution in [3.8, 4) is 0 Å². The lowest BCUT2D eigenvalue weighted by molar-refractivity contribution is -0.120. The van der Waals surface area contributed by atoms with Gasteiger partial charge in [0.15, 0.2) is 0 Å². The summed E-state index contributed by atoms with van der Waals surface area (Å²) in [5.74, 6) is 0.320. The SMILES string of the molecule is CCN(CC)c1cccc2c(S(=O)(=O)NCCNC(=O)CCS)cccc12. The molecule has 0 saturated heterocycles. The molecule has 2 aromatic rings. The third-order valence-corrected chi connectivity index (χ3v) is 6.07. The maximum absolute atomic E-state index is 12.8. The van der Waals surface area contributed by atoms with Crippen LogP contribution in [0.25, 0.3) is 10.8 Å². The first kappa shape index (κ1) is 21.5. The number of sulfonamides is 1. The highest BCUT2D eigenvalue weighted by molar-refractivity contribution is 7.89. The number of thiol groups is 1. The molecule has 1 amide bonds. The maximum atomic E-state index is 12.8. The van der Waals surface area contributed by atoms with Crippen molar-refractivity contribution in [1.29, 1.82) is 0 Å². The van der Waals surface area contributed by atoms with E-state index in [9.17, 15) is 13.2 Å². The smallest absolute Gasteiger partial charge is 0.241 e. The monoisotopic (exact) mass is 409 g/mol. The summed E-state index contributed by atoms with van der Waals surface area (Å²) in [6, 6.07) is 11.0. The Balaban J connectivity index is 2.24. The second-order valence-corrected chi connectivity index (χ2v) is 8.20. The third kappa shape index (κ3) is 5.37. The molecule has 0 aliphatic carbocycles. The minimum absolute atomic E-state index is 0.132. The Morgan fingerprint density at radius 2 is 1.70 bits per heavy atom. The molecule has 0 heterocycles. The summed E-state index contributed by atoms with van der Waals surface area (Å²) in [4.78, 5) is 13.9. The van der Waals surface area contributed by atoms with Gasteiger partial charge in [0.2, 0.25) is 15.9 Å². The van der Waals surface area contributed by atoms with Crippen molar-refractivity contribution in [2.24, 2.45) is 0 Å². The predicted molar refractivity (Wildman–Crippen MR) is 114 cm³/mol. The van der Waals surface area contributed by atoms with Crippen LogP contribution in [-0.4, -0.2) is 46.3 Å². The van der Waals surface area contributed by atoms with Crippen molar-refractivity contribution < 1.29 is 13.2 Å². The van der Waals surface area contributed by atoms with Gasteiger partial charge in [0, 0.05) is 49.1 Å². The second kappa shape index (κ2) is 9.96. The van der Waals surface area contributed by atoms with E-state index in [1.807, 2.05) is 24.3 Å². The fourth-order valence-electron chi connectivity index (χ4n) is 2.99. The molecule has 0 unspecified atom stereocenters. The van der Waals surface area contributed by atoms with Crippen molar-refractivity contribution in [3.63, 3.8) is 0 Å². The lowest BCUT2D eigenvalue weighted by Gasteiger charge is -2.23. The van der Waals surface area contributed by atoms with Crippen molar-refractivity contribution in [3.05, 3.63) is 36.4 Å². The number of nitrogens with one attached hydrogen (secondary N) is 2. The first-order valence-corrected chi connectivity index (χ1v) is 11.2. The second-order valence-electron chi connectivity index (χ2n) is 6.02. The van der Waals surface area contributed by atoms with Gasteiger partial charge in [0.1, 0.15) is 0 Å². The van der Waals surface area contributed by atoms with Gasteiger partial charge in [-0.25, -0.2) is 13.1 Å². The summed E-state index contributed by atoms with van der Waals surface area (Å²) in [6.45, 7) is 6.21. The van der Waals surface area contributed by atoms with E-state index in [-0.39, 0.29) is 23.9 Å². The average molecular weight is 410 g/mol. The molecule has 2 N–H and O–H groups in total. The Morgan fingerprint density at radius 1 is 1.04 bits per heavy atom. The average Bonchev–Trinajstić information content (AvgIpc) is 2.66. The molecule has 0 radical (unpaired) electrons. The molecular weight excluding hydrogens is 382 g/mol. The quantitative estimate of drug-likeness (QED) is 0.416. The zero-order chi connectivity index (χ0) is 19.9. The fraction of sp³-hybridized carbons (Fsp3) is 0.421. The summed E-state index contributed by atoms with van der Waals surface area (Å²) < 4.78 is 28.1. The van der Waals surface area contributed by atoms with E-state index in [2.05, 4.69) is 41.4 Å². The molecule has 0 atom stereocenters. The van der Waals surface area contributed by atoms with E-state index in [1.165, 1.54) is 0 Å². The fourth-order valence-corrected chi connectivity index (χ4v) is 4.45. The van der Waals surface area contributed by atoms with Gasteiger partial charge in [-0.2, -0.15) is 12.6 Å². The number of nitrogens with zero attached hydrogens (tertiary/aromatic N) is 1. The number of carbonyl (C=O) groups excluding carboxylic acids is 1. The van der Waals surface area contributed by atoms with Gasteiger partial charge in [-0.1, -0.05) is 24.3 Å². The Labute approximate surface area is 166 Å². The highest BCUT2D eigenvalue weighted by Gasteiger charge is 2.18. The van der Waals surface area contributed by atoms with Crippen LogP contribution in [0.1, 0.15) is 20.3 Å². The van der Waals surface area contributed by atoms with Crippen molar-refractivity contribution in [2.75, 3.05) is 36.8 Å².